The first-order chi connectivity index (χ1) is 15.7. The number of aliphatic carboxylic acids is 1. The first-order valence-electron chi connectivity index (χ1n) is 13.7. The van der Waals surface area contributed by atoms with Gasteiger partial charge in [0, 0.05) is 5.41 Å². The molecule has 0 amide bonds. The van der Waals surface area contributed by atoms with Crippen molar-refractivity contribution in [2.75, 3.05) is 0 Å². The van der Waals surface area contributed by atoms with Crippen molar-refractivity contribution in [3.8, 4) is 0 Å². The van der Waals surface area contributed by atoms with Crippen molar-refractivity contribution in [3.05, 3.63) is 16.6 Å². The Bertz CT molecular complexity index is 938. The number of allylic oxidation sites excluding steroid dienone is 1. The summed E-state index contributed by atoms with van der Waals surface area (Å²) in [4.78, 5) is 24.4. The van der Waals surface area contributed by atoms with Gasteiger partial charge >= 0.3 is 5.97 Å². The zero-order valence-corrected chi connectivity index (χ0v) is 22.1. The molecule has 2 N–H and O–H groups in total. The van der Waals surface area contributed by atoms with Gasteiger partial charge in [-0.2, -0.15) is 4.91 Å². The third-order valence-electron chi connectivity index (χ3n) is 12.6. The molecule has 34 heavy (non-hydrogen) atoms. The molecule has 0 heterocycles. The minimum absolute atomic E-state index is 0.0443. The van der Waals surface area contributed by atoms with Gasteiger partial charge < -0.3 is 10.2 Å². The summed E-state index contributed by atoms with van der Waals surface area (Å²) < 4.78 is 0. The van der Waals surface area contributed by atoms with Gasteiger partial charge in [0.15, 0.2) is 0 Å². The van der Waals surface area contributed by atoms with Gasteiger partial charge in [-0.05, 0) is 104 Å². The van der Waals surface area contributed by atoms with E-state index in [0.29, 0.717) is 31.1 Å². The summed E-state index contributed by atoms with van der Waals surface area (Å²) in [5.74, 6) is -0.0146. The number of rotatable bonds is 2. The Morgan fingerprint density at radius 3 is 2.26 bits per heavy atom. The largest absolute Gasteiger partial charge is 0.481 e. The molecule has 0 aromatic rings. The van der Waals surface area contributed by atoms with Gasteiger partial charge in [0.2, 0.25) is 0 Å². The van der Waals surface area contributed by atoms with Crippen LogP contribution in [-0.4, -0.2) is 27.8 Å². The quantitative estimate of drug-likeness (QED) is 0.345. The summed E-state index contributed by atoms with van der Waals surface area (Å²) in [7, 11) is 0. The fraction of sp³-hybridized carbons (Fsp3) is 0.897. The minimum atomic E-state index is -0.940. The predicted octanol–water partition coefficient (Wildman–Crippen LogP) is 6.73. The zero-order chi connectivity index (χ0) is 24.9. The molecule has 8 atom stereocenters. The van der Waals surface area contributed by atoms with Gasteiger partial charge in [0.05, 0.1) is 17.1 Å². The number of carboxylic acid groups (broad SMARTS) is 1. The third kappa shape index (κ3) is 2.85. The topological polar surface area (TPSA) is 87.0 Å². The van der Waals surface area contributed by atoms with Crippen molar-refractivity contribution in [1.82, 2.24) is 0 Å². The Kier molecular flexibility index (Phi) is 5.16. The number of hydrogen-bond acceptors (Lipinski definition) is 4. The number of carboxylic acids is 1. The highest BCUT2D eigenvalue weighted by Crippen LogP contribution is 2.73. The van der Waals surface area contributed by atoms with E-state index in [4.69, 9.17) is 0 Å². The second kappa shape index (κ2) is 7.17. The van der Waals surface area contributed by atoms with E-state index in [9.17, 15) is 19.9 Å². The van der Waals surface area contributed by atoms with Crippen LogP contribution in [0.3, 0.4) is 0 Å². The monoisotopic (exact) mass is 471 g/mol. The molecule has 4 saturated carbocycles. The second-order valence-corrected chi connectivity index (χ2v) is 14.7. The maximum absolute atomic E-state index is 12.7. The molecule has 0 saturated heterocycles. The molecule has 4 fully saturated rings. The number of nitroso groups, excluding NO2 is 1. The molecule has 5 heteroatoms. The molecule has 190 valence electrons. The lowest BCUT2D eigenvalue weighted by Crippen LogP contribution is -2.68. The Labute approximate surface area is 205 Å². The van der Waals surface area contributed by atoms with Gasteiger partial charge in [-0.25, -0.2) is 0 Å². The fourth-order valence-corrected chi connectivity index (χ4v) is 10.4. The van der Waals surface area contributed by atoms with Crippen LogP contribution in [0.1, 0.15) is 106 Å². The van der Waals surface area contributed by atoms with Crippen LogP contribution in [0.25, 0.3) is 0 Å². The number of nitrogens with zero attached hydrogens (tertiary/aromatic N) is 1. The van der Waals surface area contributed by atoms with E-state index in [2.05, 4.69) is 52.8 Å². The normalized spacial score (nSPS) is 51.1. The van der Waals surface area contributed by atoms with Crippen molar-refractivity contribution in [2.24, 2.45) is 50.0 Å². The first-order valence-corrected chi connectivity index (χ1v) is 13.7. The summed E-state index contributed by atoms with van der Waals surface area (Å²) >= 11 is 0. The molecule has 5 rings (SSSR count). The van der Waals surface area contributed by atoms with Gasteiger partial charge in [0.25, 0.3) is 0 Å². The van der Waals surface area contributed by atoms with Crippen LogP contribution < -0.4 is 0 Å². The molecule has 0 radical (unpaired) electrons. The molecular formula is C29H45NO4. The van der Waals surface area contributed by atoms with Crippen molar-refractivity contribution in [2.45, 2.75) is 117 Å². The van der Waals surface area contributed by atoms with E-state index in [-0.39, 0.29) is 33.6 Å². The Balaban J connectivity index is 1.59. The number of hydrogen-bond donors (Lipinski definition) is 2. The standard InChI is InChI=1S/C29H45NO4/c1-24(2)13-14-28(23(31)32)15-16-29(33)18(19(28)17-24)7-8-21-26(5)11-10-22(30-34)25(3,4)20(26)9-12-27(21,29)6/h7,19-22,33H,8-17H2,1-6H3,(H,31,32). The van der Waals surface area contributed by atoms with Crippen molar-refractivity contribution in [3.63, 3.8) is 0 Å². The van der Waals surface area contributed by atoms with Crippen LogP contribution in [0.4, 0.5) is 0 Å². The zero-order valence-electron chi connectivity index (χ0n) is 22.1. The van der Waals surface area contributed by atoms with Crippen LogP contribution in [0.2, 0.25) is 0 Å². The van der Waals surface area contributed by atoms with E-state index in [1.54, 1.807) is 0 Å². The summed E-state index contributed by atoms with van der Waals surface area (Å²) in [6, 6.07) is -0.136. The average Bonchev–Trinajstić information content (AvgIpc) is 2.73. The molecule has 5 aliphatic carbocycles. The van der Waals surface area contributed by atoms with Gasteiger partial charge in [-0.1, -0.05) is 52.8 Å². The van der Waals surface area contributed by atoms with E-state index >= 15 is 0 Å². The SMILES string of the molecule is CC1(C)CCC2(C(=O)O)CCC3(O)C(=CCC4C5(C)CCC(N=O)C(C)(C)C5CCC43C)C2C1. The Morgan fingerprint density at radius 2 is 1.62 bits per heavy atom. The fourth-order valence-electron chi connectivity index (χ4n) is 10.4. The third-order valence-corrected chi connectivity index (χ3v) is 12.6. The summed E-state index contributed by atoms with van der Waals surface area (Å²) in [5.41, 5.74) is -0.889. The number of fused-ring (bicyclic) bond motifs is 7. The van der Waals surface area contributed by atoms with Crippen LogP contribution in [0, 0.1) is 49.7 Å². The molecule has 8 unspecified atom stereocenters. The summed E-state index contributed by atoms with van der Waals surface area (Å²) in [6.07, 6.45) is 10.5. The maximum atomic E-state index is 12.7. The van der Waals surface area contributed by atoms with E-state index in [1.807, 2.05) is 0 Å². The number of aliphatic hydroxyl groups is 1. The van der Waals surface area contributed by atoms with Crippen LogP contribution in [0.5, 0.6) is 0 Å². The molecule has 0 aromatic carbocycles. The summed E-state index contributed by atoms with van der Waals surface area (Å²) in [5, 5.41) is 26.6. The Hall–Kier alpha value is -1.23. The van der Waals surface area contributed by atoms with Gasteiger partial charge in [-0.3, -0.25) is 4.79 Å². The highest BCUT2D eigenvalue weighted by atomic mass is 16.4. The Morgan fingerprint density at radius 1 is 0.941 bits per heavy atom. The average molecular weight is 472 g/mol. The number of carbonyl (C=O) groups is 1. The minimum Gasteiger partial charge on any atom is -0.481 e. The van der Waals surface area contributed by atoms with Crippen molar-refractivity contribution < 1.29 is 15.0 Å². The predicted molar refractivity (Wildman–Crippen MR) is 133 cm³/mol. The molecule has 0 aliphatic heterocycles. The lowest BCUT2D eigenvalue weighted by atomic mass is 9.35. The van der Waals surface area contributed by atoms with E-state index in [0.717, 1.165) is 50.5 Å². The van der Waals surface area contributed by atoms with Gasteiger partial charge in [-0.15, -0.1) is 0 Å². The van der Waals surface area contributed by atoms with Crippen LogP contribution >= 0.6 is 0 Å². The molecule has 0 spiro atoms. The second-order valence-electron chi connectivity index (χ2n) is 14.7. The molecule has 0 aromatic heterocycles. The molecular weight excluding hydrogens is 426 g/mol. The highest BCUT2D eigenvalue weighted by molar-refractivity contribution is 5.76. The molecule has 5 aliphatic rings. The lowest BCUT2D eigenvalue weighted by Gasteiger charge is -2.70. The lowest BCUT2D eigenvalue weighted by molar-refractivity contribution is -0.218. The molecule has 5 nitrogen and oxygen atoms in total. The maximum Gasteiger partial charge on any atom is 0.310 e. The van der Waals surface area contributed by atoms with E-state index in [1.165, 1.54) is 0 Å². The van der Waals surface area contributed by atoms with Crippen molar-refractivity contribution in [1.29, 1.82) is 0 Å². The van der Waals surface area contributed by atoms with E-state index < -0.39 is 17.0 Å². The highest BCUT2D eigenvalue weighted by Gasteiger charge is 2.70. The van der Waals surface area contributed by atoms with Crippen molar-refractivity contribution >= 4 is 5.97 Å². The van der Waals surface area contributed by atoms with Crippen LogP contribution in [-0.2, 0) is 4.79 Å². The summed E-state index contributed by atoms with van der Waals surface area (Å²) in [6.45, 7) is 13.7. The van der Waals surface area contributed by atoms with Gasteiger partial charge in [0.1, 0.15) is 0 Å². The van der Waals surface area contributed by atoms with Crippen LogP contribution in [0.15, 0.2) is 16.8 Å². The first kappa shape index (κ1) is 24.5. The molecule has 0 bridgehead atoms. The smallest absolute Gasteiger partial charge is 0.310 e.